The van der Waals surface area contributed by atoms with Crippen LogP contribution in [0.3, 0.4) is 0 Å². The van der Waals surface area contributed by atoms with Crippen LogP contribution in [0.2, 0.25) is 0 Å². The number of nitro groups is 1. The SMILES string of the molecule is NC1CCN(C2CCN(c3ncccc3[N+](=O)[O-])C2)CC1. The van der Waals surface area contributed by atoms with Gasteiger partial charge < -0.3 is 10.6 Å². The fourth-order valence-electron chi connectivity index (χ4n) is 3.29. The van der Waals surface area contributed by atoms with E-state index >= 15 is 0 Å². The van der Waals surface area contributed by atoms with Gasteiger partial charge in [-0.2, -0.15) is 0 Å². The number of hydrogen-bond acceptors (Lipinski definition) is 6. The molecule has 0 aromatic carbocycles. The number of nitrogens with two attached hydrogens (primary N) is 1. The number of hydrogen-bond donors (Lipinski definition) is 1. The molecule has 114 valence electrons. The van der Waals surface area contributed by atoms with E-state index in [0.717, 1.165) is 45.4 Å². The summed E-state index contributed by atoms with van der Waals surface area (Å²) in [5.74, 6) is 0.499. The van der Waals surface area contributed by atoms with E-state index in [9.17, 15) is 10.1 Å². The van der Waals surface area contributed by atoms with Crippen molar-refractivity contribution in [1.82, 2.24) is 9.88 Å². The Kier molecular flexibility index (Phi) is 4.03. The van der Waals surface area contributed by atoms with E-state index in [4.69, 9.17) is 5.73 Å². The third-order valence-corrected chi connectivity index (χ3v) is 4.52. The van der Waals surface area contributed by atoms with E-state index in [0.29, 0.717) is 17.9 Å². The number of likely N-dealkylation sites (tertiary alicyclic amines) is 1. The van der Waals surface area contributed by atoms with E-state index in [1.807, 2.05) is 4.90 Å². The van der Waals surface area contributed by atoms with Crippen molar-refractivity contribution in [1.29, 1.82) is 0 Å². The summed E-state index contributed by atoms with van der Waals surface area (Å²) < 4.78 is 0. The molecule has 2 saturated heterocycles. The summed E-state index contributed by atoms with van der Waals surface area (Å²) in [6.45, 7) is 3.70. The molecular formula is C14H21N5O2. The Hall–Kier alpha value is -1.73. The summed E-state index contributed by atoms with van der Waals surface area (Å²) in [4.78, 5) is 19.5. The maximum atomic E-state index is 11.1. The van der Waals surface area contributed by atoms with Crippen molar-refractivity contribution < 1.29 is 4.92 Å². The lowest BCUT2D eigenvalue weighted by atomic mass is 10.0. The molecule has 0 amide bonds. The van der Waals surface area contributed by atoms with Crippen LogP contribution in [0.25, 0.3) is 0 Å². The topological polar surface area (TPSA) is 88.5 Å². The lowest BCUT2D eigenvalue weighted by molar-refractivity contribution is -0.384. The van der Waals surface area contributed by atoms with Crippen LogP contribution in [0.1, 0.15) is 19.3 Å². The Labute approximate surface area is 123 Å². The standard InChI is InChI=1S/C14H21N5O2/c15-11-3-7-17(8-4-11)12-5-9-18(10-12)14-13(19(20)21)2-1-6-16-14/h1-2,6,11-12H,3-5,7-10,15H2. The highest BCUT2D eigenvalue weighted by Gasteiger charge is 2.32. The Morgan fingerprint density at radius 2 is 2.05 bits per heavy atom. The molecule has 0 bridgehead atoms. The van der Waals surface area contributed by atoms with Gasteiger partial charge in [0, 0.05) is 37.4 Å². The molecule has 2 fully saturated rings. The summed E-state index contributed by atoms with van der Waals surface area (Å²) in [6, 6.07) is 3.92. The number of nitrogens with zero attached hydrogens (tertiary/aromatic N) is 4. The van der Waals surface area contributed by atoms with Gasteiger partial charge >= 0.3 is 5.69 Å². The molecule has 21 heavy (non-hydrogen) atoms. The number of piperidine rings is 1. The van der Waals surface area contributed by atoms with E-state index in [1.54, 1.807) is 12.3 Å². The highest BCUT2D eigenvalue weighted by atomic mass is 16.6. The Bertz CT molecular complexity index is 516. The Balaban J connectivity index is 1.68. The first kappa shape index (κ1) is 14.2. The van der Waals surface area contributed by atoms with Crippen LogP contribution in [-0.4, -0.2) is 53.1 Å². The zero-order valence-electron chi connectivity index (χ0n) is 12.0. The van der Waals surface area contributed by atoms with Crippen molar-refractivity contribution in [3.05, 3.63) is 28.4 Å². The van der Waals surface area contributed by atoms with E-state index in [-0.39, 0.29) is 10.6 Å². The van der Waals surface area contributed by atoms with E-state index in [2.05, 4.69) is 9.88 Å². The first-order chi connectivity index (χ1) is 10.1. The molecule has 3 rings (SSSR count). The van der Waals surface area contributed by atoms with Gasteiger partial charge in [-0.15, -0.1) is 0 Å². The second-order valence-electron chi connectivity index (χ2n) is 5.87. The molecule has 0 spiro atoms. The number of rotatable bonds is 3. The molecule has 1 aromatic rings. The summed E-state index contributed by atoms with van der Waals surface area (Å²) in [7, 11) is 0. The van der Waals surface area contributed by atoms with Crippen molar-refractivity contribution in [3.8, 4) is 0 Å². The third kappa shape index (κ3) is 2.98. The zero-order valence-corrected chi connectivity index (χ0v) is 12.0. The minimum Gasteiger partial charge on any atom is -0.349 e. The molecule has 1 aromatic heterocycles. The second kappa shape index (κ2) is 5.95. The second-order valence-corrected chi connectivity index (χ2v) is 5.87. The molecule has 0 aliphatic carbocycles. The van der Waals surface area contributed by atoms with Crippen LogP contribution in [0.5, 0.6) is 0 Å². The first-order valence-electron chi connectivity index (χ1n) is 7.49. The fraction of sp³-hybridized carbons (Fsp3) is 0.643. The van der Waals surface area contributed by atoms with Crippen molar-refractivity contribution in [2.75, 3.05) is 31.1 Å². The molecular weight excluding hydrogens is 270 g/mol. The number of aromatic nitrogens is 1. The minimum absolute atomic E-state index is 0.0961. The molecule has 2 N–H and O–H groups in total. The van der Waals surface area contributed by atoms with Gasteiger partial charge in [-0.05, 0) is 38.4 Å². The molecule has 2 aliphatic rings. The molecule has 0 radical (unpaired) electrons. The molecule has 1 unspecified atom stereocenters. The summed E-state index contributed by atoms with van der Waals surface area (Å²) in [6.07, 6.45) is 4.74. The number of pyridine rings is 1. The Morgan fingerprint density at radius 1 is 1.29 bits per heavy atom. The highest BCUT2D eigenvalue weighted by Crippen LogP contribution is 2.29. The largest absolute Gasteiger partial charge is 0.349 e. The average molecular weight is 291 g/mol. The lowest BCUT2D eigenvalue weighted by Crippen LogP contribution is -2.46. The maximum absolute atomic E-state index is 11.1. The molecule has 0 saturated carbocycles. The predicted molar refractivity (Wildman–Crippen MR) is 80.3 cm³/mol. The smallest absolute Gasteiger partial charge is 0.311 e. The molecule has 7 nitrogen and oxygen atoms in total. The van der Waals surface area contributed by atoms with Crippen LogP contribution < -0.4 is 10.6 Å². The highest BCUT2D eigenvalue weighted by molar-refractivity contribution is 5.58. The minimum atomic E-state index is -0.352. The van der Waals surface area contributed by atoms with Crippen LogP contribution >= 0.6 is 0 Å². The van der Waals surface area contributed by atoms with Gasteiger partial charge in [-0.25, -0.2) is 4.98 Å². The van der Waals surface area contributed by atoms with Crippen molar-refractivity contribution >= 4 is 11.5 Å². The summed E-state index contributed by atoms with van der Waals surface area (Å²) >= 11 is 0. The quantitative estimate of drug-likeness (QED) is 0.660. The first-order valence-corrected chi connectivity index (χ1v) is 7.49. The van der Waals surface area contributed by atoms with Gasteiger partial charge in [0.2, 0.25) is 5.82 Å². The van der Waals surface area contributed by atoms with Crippen molar-refractivity contribution in [3.63, 3.8) is 0 Å². The lowest BCUT2D eigenvalue weighted by Gasteiger charge is -2.34. The molecule has 2 aliphatic heterocycles. The average Bonchev–Trinajstić information content (AvgIpc) is 2.97. The maximum Gasteiger partial charge on any atom is 0.311 e. The Morgan fingerprint density at radius 3 is 2.76 bits per heavy atom. The van der Waals surface area contributed by atoms with Gasteiger partial charge in [0.25, 0.3) is 0 Å². The van der Waals surface area contributed by atoms with Crippen LogP contribution in [-0.2, 0) is 0 Å². The number of anilines is 1. The fourth-order valence-corrected chi connectivity index (χ4v) is 3.29. The monoisotopic (exact) mass is 291 g/mol. The zero-order chi connectivity index (χ0) is 14.8. The van der Waals surface area contributed by atoms with Gasteiger partial charge in [0.15, 0.2) is 0 Å². The summed E-state index contributed by atoms with van der Waals surface area (Å²) in [5.41, 5.74) is 6.04. The molecule has 1 atom stereocenters. The summed E-state index contributed by atoms with van der Waals surface area (Å²) in [5, 5.41) is 11.1. The van der Waals surface area contributed by atoms with Crippen molar-refractivity contribution in [2.45, 2.75) is 31.3 Å². The molecule has 7 heteroatoms. The van der Waals surface area contributed by atoms with Gasteiger partial charge in [-0.3, -0.25) is 15.0 Å². The van der Waals surface area contributed by atoms with Gasteiger partial charge in [0.1, 0.15) is 0 Å². The van der Waals surface area contributed by atoms with Gasteiger partial charge in [-0.1, -0.05) is 0 Å². The van der Waals surface area contributed by atoms with Crippen LogP contribution in [0, 0.1) is 10.1 Å². The van der Waals surface area contributed by atoms with Gasteiger partial charge in [0.05, 0.1) is 4.92 Å². The predicted octanol–water partition coefficient (Wildman–Crippen LogP) is 0.992. The normalized spacial score (nSPS) is 24.4. The van der Waals surface area contributed by atoms with E-state index in [1.165, 1.54) is 6.07 Å². The van der Waals surface area contributed by atoms with Crippen molar-refractivity contribution in [2.24, 2.45) is 5.73 Å². The van der Waals surface area contributed by atoms with Crippen LogP contribution in [0.15, 0.2) is 18.3 Å². The third-order valence-electron chi connectivity index (χ3n) is 4.52. The molecule has 3 heterocycles. The van der Waals surface area contributed by atoms with Crippen LogP contribution in [0.4, 0.5) is 11.5 Å². The van der Waals surface area contributed by atoms with E-state index < -0.39 is 0 Å².